The predicted octanol–water partition coefficient (Wildman–Crippen LogP) is -1.96. The molecule has 1 rings (SSSR count). The van der Waals surface area contributed by atoms with Gasteiger partial charge in [-0.05, 0) is 11.1 Å². The molecule has 6 heteroatoms. The first-order valence-electron chi connectivity index (χ1n) is 3.19. The first-order chi connectivity index (χ1) is 5.09. The molecule has 1 unspecified atom stereocenters. The van der Waals surface area contributed by atoms with Crippen molar-refractivity contribution in [2.24, 2.45) is 5.73 Å². The van der Waals surface area contributed by atoms with Gasteiger partial charge in [0.15, 0.2) is 0 Å². The van der Waals surface area contributed by atoms with Gasteiger partial charge < -0.3 is 15.2 Å². The Morgan fingerprint density at radius 2 is 2.27 bits per heavy atom. The van der Waals surface area contributed by atoms with Crippen LogP contribution in [-0.4, -0.2) is 44.5 Å². The predicted molar refractivity (Wildman–Crippen MR) is 38.3 cm³/mol. The summed E-state index contributed by atoms with van der Waals surface area (Å²) in [6.45, 7) is 0.964. The molecule has 2 N–H and O–H groups in total. The van der Waals surface area contributed by atoms with E-state index >= 15 is 0 Å². The van der Waals surface area contributed by atoms with E-state index in [1.807, 2.05) is 0 Å². The van der Waals surface area contributed by atoms with Gasteiger partial charge in [-0.25, -0.2) is 0 Å². The Kier molecular flexibility index (Phi) is 2.58. The van der Waals surface area contributed by atoms with Gasteiger partial charge in [-0.3, -0.25) is 9.00 Å². The molecule has 0 bridgehead atoms. The second-order valence-electron chi connectivity index (χ2n) is 2.51. The molecule has 1 heterocycles. The second-order valence-corrected chi connectivity index (χ2v) is 3.40. The van der Waals surface area contributed by atoms with Gasteiger partial charge in [-0.2, -0.15) is 0 Å². The third-order valence-electron chi connectivity index (χ3n) is 1.50. The molecule has 1 saturated heterocycles. The maximum absolute atomic E-state index is 10.9. The Morgan fingerprint density at radius 3 is 2.64 bits per heavy atom. The summed E-state index contributed by atoms with van der Waals surface area (Å²) in [5, 5.41) is 0. The molecule has 0 aromatic carbocycles. The van der Waals surface area contributed by atoms with Gasteiger partial charge in [-0.1, -0.05) is 0 Å². The molecule has 0 radical (unpaired) electrons. The van der Waals surface area contributed by atoms with Crippen molar-refractivity contribution in [3.05, 3.63) is 0 Å². The summed E-state index contributed by atoms with van der Waals surface area (Å²) in [7, 11) is 0. The molecule has 1 amide bonds. The number of amides is 1. The van der Waals surface area contributed by atoms with Gasteiger partial charge in [0.25, 0.3) is 0 Å². The van der Waals surface area contributed by atoms with Crippen LogP contribution in [0.3, 0.4) is 0 Å². The number of nitrogens with zero attached hydrogens (tertiary/aromatic N) is 1. The SMILES string of the molecule is NC1CN(C(=O)CS(=O)[O-])C1. The highest BCUT2D eigenvalue weighted by Gasteiger charge is 2.26. The quantitative estimate of drug-likeness (QED) is 0.496. The highest BCUT2D eigenvalue weighted by molar-refractivity contribution is 7.79. The van der Waals surface area contributed by atoms with Crippen molar-refractivity contribution < 1.29 is 13.6 Å². The number of carbonyl (C=O) groups is 1. The van der Waals surface area contributed by atoms with Crippen molar-refractivity contribution >= 4 is 17.0 Å². The Labute approximate surface area is 66.8 Å². The van der Waals surface area contributed by atoms with Crippen LogP contribution >= 0.6 is 0 Å². The van der Waals surface area contributed by atoms with Gasteiger partial charge in [0.05, 0.1) is 5.75 Å². The lowest BCUT2D eigenvalue weighted by atomic mass is 10.1. The minimum Gasteiger partial charge on any atom is -0.772 e. The molecule has 0 aliphatic carbocycles. The molecule has 0 saturated carbocycles. The molecular formula is C5H9N2O3S-. The molecule has 0 aromatic heterocycles. The standard InChI is InChI=1S/C5H10N2O3S/c6-4-1-7(2-4)5(8)3-11(9)10/h4H,1-3,6H2,(H,9,10)/p-1. The molecule has 1 atom stereocenters. The Balaban J connectivity index is 2.27. The Bertz CT molecular complexity index is 190. The zero-order chi connectivity index (χ0) is 8.43. The van der Waals surface area contributed by atoms with Crippen molar-refractivity contribution in [3.8, 4) is 0 Å². The van der Waals surface area contributed by atoms with Crippen LogP contribution in [-0.2, 0) is 15.9 Å². The molecule has 64 valence electrons. The van der Waals surface area contributed by atoms with Crippen LogP contribution in [0.4, 0.5) is 0 Å². The zero-order valence-electron chi connectivity index (χ0n) is 5.86. The van der Waals surface area contributed by atoms with Crippen LogP contribution in [0.15, 0.2) is 0 Å². The fraction of sp³-hybridized carbons (Fsp3) is 0.800. The van der Waals surface area contributed by atoms with Crippen LogP contribution in [0.25, 0.3) is 0 Å². The van der Waals surface area contributed by atoms with Crippen LogP contribution in [0, 0.1) is 0 Å². The largest absolute Gasteiger partial charge is 0.772 e. The fourth-order valence-electron chi connectivity index (χ4n) is 0.908. The summed E-state index contributed by atoms with van der Waals surface area (Å²) < 4.78 is 20.1. The molecule has 1 aliphatic rings. The van der Waals surface area contributed by atoms with E-state index in [1.54, 1.807) is 0 Å². The number of carbonyl (C=O) groups excluding carboxylic acids is 1. The highest BCUT2D eigenvalue weighted by atomic mass is 32.2. The Hall–Kier alpha value is -0.460. The molecule has 5 nitrogen and oxygen atoms in total. The molecule has 1 fully saturated rings. The number of nitrogens with two attached hydrogens (primary N) is 1. The van der Waals surface area contributed by atoms with E-state index < -0.39 is 16.8 Å². The third kappa shape index (κ3) is 2.25. The van der Waals surface area contributed by atoms with Gasteiger partial charge in [0.1, 0.15) is 0 Å². The monoisotopic (exact) mass is 177 g/mol. The van der Waals surface area contributed by atoms with E-state index in [0.29, 0.717) is 13.1 Å². The summed E-state index contributed by atoms with van der Waals surface area (Å²) in [6, 6.07) is 0.0269. The molecule has 1 aliphatic heterocycles. The topological polar surface area (TPSA) is 86.5 Å². The van der Waals surface area contributed by atoms with Crippen molar-refractivity contribution in [3.63, 3.8) is 0 Å². The molecule has 11 heavy (non-hydrogen) atoms. The maximum atomic E-state index is 10.9. The molecular weight excluding hydrogens is 168 g/mol. The van der Waals surface area contributed by atoms with E-state index in [0.717, 1.165) is 0 Å². The van der Waals surface area contributed by atoms with E-state index in [2.05, 4.69) is 0 Å². The zero-order valence-corrected chi connectivity index (χ0v) is 6.67. The lowest BCUT2D eigenvalue weighted by Crippen LogP contribution is -2.58. The van der Waals surface area contributed by atoms with E-state index in [-0.39, 0.29) is 11.9 Å². The van der Waals surface area contributed by atoms with E-state index in [9.17, 15) is 13.6 Å². The minimum atomic E-state index is -2.28. The average Bonchev–Trinajstić information content (AvgIpc) is 1.79. The van der Waals surface area contributed by atoms with Crippen LogP contribution in [0.2, 0.25) is 0 Å². The number of rotatable bonds is 2. The summed E-state index contributed by atoms with van der Waals surface area (Å²) in [5.74, 6) is -0.785. The van der Waals surface area contributed by atoms with Gasteiger partial charge in [0, 0.05) is 19.1 Å². The summed E-state index contributed by atoms with van der Waals surface area (Å²) in [5.41, 5.74) is 5.39. The smallest absolute Gasteiger partial charge is 0.234 e. The van der Waals surface area contributed by atoms with Crippen molar-refractivity contribution in [2.45, 2.75) is 6.04 Å². The van der Waals surface area contributed by atoms with Crippen molar-refractivity contribution in [1.82, 2.24) is 4.90 Å². The fourth-order valence-corrected chi connectivity index (χ4v) is 1.29. The van der Waals surface area contributed by atoms with E-state index in [4.69, 9.17) is 5.73 Å². The normalized spacial score (nSPS) is 21.1. The van der Waals surface area contributed by atoms with Crippen molar-refractivity contribution in [1.29, 1.82) is 0 Å². The first-order valence-corrected chi connectivity index (χ1v) is 4.43. The van der Waals surface area contributed by atoms with Gasteiger partial charge in [0.2, 0.25) is 5.91 Å². The van der Waals surface area contributed by atoms with Crippen LogP contribution in [0.1, 0.15) is 0 Å². The molecule has 0 aromatic rings. The van der Waals surface area contributed by atoms with Gasteiger partial charge >= 0.3 is 0 Å². The highest BCUT2D eigenvalue weighted by Crippen LogP contribution is 2.05. The van der Waals surface area contributed by atoms with Crippen molar-refractivity contribution in [2.75, 3.05) is 18.8 Å². The number of hydrogen-bond donors (Lipinski definition) is 1. The number of likely N-dealkylation sites (tertiary alicyclic amines) is 1. The lowest BCUT2D eigenvalue weighted by molar-refractivity contribution is -0.132. The van der Waals surface area contributed by atoms with Crippen LogP contribution in [0.5, 0.6) is 0 Å². The van der Waals surface area contributed by atoms with Crippen LogP contribution < -0.4 is 5.73 Å². The van der Waals surface area contributed by atoms with E-state index in [1.165, 1.54) is 4.90 Å². The average molecular weight is 177 g/mol. The number of hydrogen-bond acceptors (Lipinski definition) is 4. The molecule has 0 spiro atoms. The first kappa shape index (κ1) is 8.63. The summed E-state index contributed by atoms with van der Waals surface area (Å²) >= 11 is -2.28. The second kappa shape index (κ2) is 3.29. The van der Waals surface area contributed by atoms with Gasteiger partial charge in [-0.15, -0.1) is 0 Å². The Morgan fingerprint density at radius 1 is 1.73 bits per heavy atom. The summed E-state index contributed by atoms with van der Waals surface area (Å²) in [6.07, 6.45) is 0. The third-order valence-corrected chi connectivity index (χ3v) is 1.99. The lowest BCUT2D eigenvalue weighted by Gasteiger charge is -2.36. The maximum Gasteiger partial charge on any atom is 0.234 e. The minimum absolute atomic E-state index is 0.0269. The summed E-state index contributed by atoms with van der Waals surface area (Å²) in [4.78, 5) is 12.3.